The summed E-state index contributed by atoms with van der Waals surface area (Å²) in [6.07, 6.45) is 5.04. The van der Waals surface area contributed by atoms with Gasteiger partial charge in [0.05, 0.1) is 0 Å². The van der Waals surface area contributed by atoms with E-state index in [1.54, 1.807) is 6.20 Å². The summed E-state index contributed by atoms with van der Waals surface area (Å²) in [5, 5.41) is 0.702. The van der Waals surface area contributed by atoms with Gasteiger partial charge < -0.3 is 4.74 Å². The molecule has 1 aliphatic heterocycles. The van der Waals surface area contributed by atoms with E-state index in [9.17, 15) is 0 Å². The highest BCUT2D eigenvalue weighted by Gasteiger charge is 2.23. The first-order chi connectivity index (χ1) is 10.8. The molecule has 0 saturated carbocycles. The van der Waals surface area contributed by atoms with Gasteiger partial charge in [0, 0.05) is 23.4 Å². The minimum atomic E-state index is -0.0115. The van der Waals surface area contributed by atoms with Crippen LogP contribution in [0.25, 0.3) is 22.6 Å². The highest BCUT2D eigenvalue weighted by atomic mass is 35.5. The zero-order chi connectivity index (χ0) is 14.9. The third kappa shape index (κ3) is 2.38. The molecule has 2 aromatic heterocycles. The third-order valence-corrected chi connectivity index (χ3v) is 4.21. The summed E-state index contributed by atoms with van der Waals surface area (Å²) in [7, 11) is 0. The van der Waals surface area contributed by atoms with Crippen LogP contribution in [0.15, 0.2) is 42.6 Å². The first kappa shape index (κ1) is 13.7. The molecule has 1 unspecified atom stereocenters. The van der Waals surface area contributed by atoms with Gasteiger partial charge in [-0.1, -0.05) is 23.7 Å². The first-order valence-electron chi connectivity index (χ1n) is 7.53. The van der Waals surface area contributed by atoms with Gasteiger partial charge in [0.2, 0.25) is 0 Å². The summed E-state index contributed by atoms with van der Waals surface area (Å²) >= 11 is 6.15. The molecule has 0 radical (unpaired) electrons. The minimum absolute atomic E-state index is 0.0115. The van der Waals surface area contributed by atoms with Crippen molar-refractivity contribution in [2.75, 3.05) is 6.61 Å². The number of pyridine rings is 1. The van der Waals surface area contributed by atoms with Gasteiger partial charge in [-0.15, -0.1) is 0 Å². The molecule has 3 heterocycles. The maximum atomic E-state index is 6.15. The Morgan fingerprint density at radius 2 is 2.14 bits per heavy atom. The van der Waals surface area contributed by atoms with E-state index >= 15 is 0 Å². The second-order valence-electron chi connectivity index (χ2n) is 5.48. The van der Waals surface area contributed by atoms with Crippen molar-refractivity contribution in [3.63, 3.8) is 0 Å². The molecule has 0 aliphatic carbocycles. The van der Waals surface area contributed by atoms with Crippen LogP contribution in [0.5, 0.6) is 0 Å². The van der Waals surface area contributed by atoms with Crippen molar-refractivity contribution in [2.24, 2.45) is 0 Å². The molecular weight excluding hydrogens is 298 g/mol. The molecule has 5 heteroatoms. The van der Waals surface area contributed by atoms with E-state index in [0.717, 1.165) is 48.4 Å². The number of fused-ring (bicyclic) bond motifs is 1. The monoisotopic (exact) mass is 313 g/mol. The Balaban J connectivity index is 1.93. The molecule has 1 aliphatic rings. The number of aromatic nitrogens is 3. The largest absolute Gasteiger partial charge is 0.358 e. The number of nitrogens with zero attached hydrogens (tertiary/aromatic N) is 3. The predicted molar refractivity (Wildman–Crippen MR) is 86.8 cm³/mol. The van der Waals surface area contributed by atoms with Crippen LogP contribution in [-0.4, -0.2) is 21.1 Å². The molecule has 1 fully saturated rings. The Labute approximate surface area is 133 Å². The van der Waals surface area contributed by atoms with Crippen molar-refractivity contribution in [3.05, 3.63) is 47.6 Å². The van der Waals surface area contributed by atoms with Crippen molar-refractivity contribution in [3.8, 4) is 11.4 Å². The van der Waals surface area contributed by atoms with Crippen molar-refractivity contribution in [1.82, 2.24) is 14.5 Å². The maximum Gasteiger partial charge on any atom is 0.162 e. The Bertz CT molecular complexity index is 809. The molecule has 4 nitrogen and oxygen atoms in total. The van der Waals surface area contributed by atoms with Gasteiger partial charge in [0.1, 0.15) is 17.6 Å². The van der Waals surface area contributed by atoms with Crippen LogP contribution in [0, 0.1) is 0 Å². The number of rotatable bonds is 2. The summed E-state index contributed by atoms with van der Waals surface area (Å²) < 4.78 is 8.08. The van der Waals surface area contributed by atoms with Gasteiger partial charge in [-0.3, -0.25) is 4.57 Å². The van der Waals surface area contributed by atoms with Crippen molar-refractivity contribution >= 4 is 22.8 Å². The molecule has 112 valence electrons. The van der Waals surface area contributed by atoms with Crippen molar-refractivity contribution in [2.45, 2.75) is 25.5 Å². The third-order valence-electron chi connectivity index (χ3n) is 3.98. The van der Waals surface area contributed by atoms with Gasteiger partial charge in [-0.25, -0.2) is 9.97 Å². The van der Waals surface area contributed by atoms with Crippen LogP contribution in [0.3, 0.4) is 0 Å². The molecule has 1 aromatic carbocycles. The Kier molecular flexibility index (Phi) is 3.56. The molecule has 0 spiro atoms. The lowest BCUT2D eigenvalue weighted by atomic mass is 10.1. The normalized spacial score (nSPS) is 18.7. The van der Waals surface area contributed by atoms with Gasteiger partial charge >= 0.3 is 0 Å². The van der Waals surface area contributed by atoms with E-state index < -0.39 is 0 Å². The van der Waals surface area contributed by atoms with Crippen LogP contribution in [-0.2, 0) is 4.74 Å². The highest BCUT2D eigenvalue weighted by molar-refractivity contribution is 6.30. The van der Waals surface area contributed by atoms with E-state index in [4.69, 9.17) is 21.3 Å². The lowest BCUT2D eigenvalue weighted by Gasteiger charge is -2.25. The van der Waals surface area contributed by atoms with Crippen molar-refractivity contribution in [1.29, 1.82) is 0 Å². The van der Waals surface area contributed by atoms with Crippen LogP contribution in [0.1, 0.15) is 25.5 Å². The average molecular weight is 314 g/mol. The summed E-state index contributed by atoms with van der Waals surface area (Å²) in [6, 6.07) is 11.7. The molecule has 1 atom stereocenters. The average Bonchev–Trinajstić information content (AvgIpc) is 2.95. The number of imidazole rings is 1. The summed E-state index contributed by atoms with van der Waals surface area (Å²) in [5.41, 5.74) is 2.73. The fourth-order valence-electron chi connectivity index (χ4n) is 2.96. The lowest BCUT2D eigenvalue weighted by Crippen LogP contribution is -2.19. The number of hydrogen-bond donors (Lipinski definition) is 0. The topological polar surface area (TPSA) is 39.9 Å². The van der Waals surface area contributed by atoms with Crippen LogP contribution in [0.2, 0.25) is 5.02 Å². The van der Waals surface area contributed by atoms with Gasteiger partial charge in [-0.2, -0.15) is 0 Å². The fourth-order valence-corrected chi connectivity index (χ4v) is 3.15. The predicted octanol–water partition coefficient (Wildman–Crippen LogP) is 4.45. The molecular formula is C17H16ClN3O. The van der Waals surface area contributed by atoms with E-state index in [1.807, 2.05) is 36.4 Å². The summed E-state index contributed by atoms with van der Waals surface area (Å²) in [4.78, 5) is 9.27. The van der Waals surface area contributed by atoms with Gasteiger partial charge in [-0.05, 0) is 43.5 Å². The molecule has 0 bridgehead atoms. The van der Waals surface area contributed by atoms with Gasteiger partial charge in [0.25, 0.3) is 0 Å². The molecule has 0 amide bonds. The quantitative estimate of drug-likeness (QED) is 0.701. The molecule has 3 aromatic rings. The van der Waals surface area contributed by atoms with E-state index in [1.165, 1.54) is 0 Å². The lowest BCUT2D eigenvalue weighted by molar-refractivity contribution is -0.0287. The molecule has 0 N–H and O–H groups in total. The number of benzene rings is 1. The first-order valence-corrected chi connectivity index (χ1v) is 7.91. The van der Waals surface area contributed by atoms with Crippen LogP contribution < -0.4 is 0 Å². The summed E-state index contributed by atoms with van der Waals surface area (Å²) in [5.74, 6) is 0.864. The van der Waals surface area contributed by atoms with Crippen LogP contribution >= 0.6 is 11.6 Å². The van der Waals surface area contributed by atoms with E-state index in [-0.39, 0.29) is 6.23 Å². The fraction of sp³-hybridized carbons (Fsp3) is 0.294. The maximum absolute atomic E-state index is 6.15. The second kappa shape index (κ2) is 5.71. The standard InChI is InChI=1S/C17H16ClN3O/c18-13-6-3-5-12(11-13)16-20-14-7-4-9-19-17(14)21(16)15-8-1-2-10-22-15/h3-7,9,11,15H,1-2,8,10H2. The Morgan fingerprint density at radius 3 is 2.95 bits per heavy atom. The number of halogens is 1. The highest BCUT2D eigenvalue weighted by Crippen LogP contribution is 2.32. The smallest absolute Gasteiger partial charge is 0.162 e. The zero-order valence-electron chi connectivity index (χ0n) is 12.1. The van der Waals surface area contributed by atoms with Crippen LogP contribution in [0.4, 0.5) is 0 Å². The minimum Gasteiger partial charge on any atom is -0.358 e. The second-order valence-corrected chi connectivity index (χ2v) is 5.92. The Hall–Kier alpha value is -1.91. The zero-order valence-corrected chi connectivity index (χ0v) is 12.8. The van der Waals surface area contributed by atoms with E-state index in [2.05, 4.69) is 9.55 Å². The molecule has 1 saturated heterocycles. The molecule has 22 heavy (non-hydrogen) atoms. The molecule has 4 rings (SSSR count). The van der Waals surface area contributed by atoms with Crippen molar-refractivity contribution < 1.29 is 4.74 Å². The summed E-state index contributed by atoms with van der Waals surface area (Å²) in [6.45, 7) is 0.784. The number of hydrogen-bond acceptors (Lipinski definition) is 3. The van der Waals surface area contributed by atoms with E-state index in [0.29, 0.717) is 5.02 Å². The van der Waals surface area contributed by atoms with Gasteiger partial charge in [0.15, 0.2) is 5.65 Å². The SMILES string of the molecule is Clc1cccc(-c2nc3cccnc3n2C2CCCCO2)c1. The Morgan fingerprint density at radius 1 is 1.18 bits per heavy atom. The number of ether oxygens (including phenoxy) is 1.